The van der Waals surface area contributed by atoms with Crippen LogP contribution in [0.4, 0.5) is 17.5 Å². The highest BCUT2D eigenvalue weighted by Crippen LogP contribution is 2.29. The van der Waals surface area contributed by atoms with E-state index in [2.05, 4.69) is 71.0 Å². The van der Waals surface area contributed by atoms with Gasteiger partial charge in [0, 0.05) is 47.9 Å². The largest absolute Gasteiger partial charge is 0.379 e. The number of anilines is 3. The van der Waals surface area contributed by atoms with E-state index in [4.69, 9.17) is 10.5 Å². The molecule has 32 heavy (non-hydrogen) atoms. The molecule has 1 saturated heterocycles. The van der Waals surface area contributed by atoms with Crippen LogP contribution in [0.3, 0.4) is 0 Å². The van der Waals surface area contributed by atoms with Gasteiger partial charge in [-0.15, -0.1) is 0 Å². The van der Waals surface area contributed by atoms with Crippen LogP contribution < -0.4 is 16.5 Å². The molecule has 3 heterocycles. The number of fused-ring (bicyclic) bond motifs is 1. The summed E-state index contributed by atoms with van der Waals surface area (Å²) < 4.78 is 6.42. The molecule has 0 spiro atoms. The van der Waals surface area contributed by atoms with Crippen molar-refractivity contribution in [2.24, 2.45) is 0 Å². The molecular weight excluding hydrogens is 470 g/mol. The highest BCUT2D eigenvalue weighted by atomic mass is 79.9. The van der Waals surface area contributed by atoms with E-state index in [1.54, 1.807) is 0 Å². The molecule has 3 aromatic rings. The van der Waals surface area contributed by atoms with Crippen molar-refractivity contribution in [2.45, 2.75) is 6.04 Å². The zero-order chi connectivity index (χ0) is 21.9. The van der Waals surface area contributed by atoms with Crippen molar-refractivity contribution in [1.82, 2.24) is 25.3 Å². The summed E-state index contributed by atoms with van der Waals surface area (Å²) in [7, 11) is 0. The predicted molar refractivity (Wildman–Crippen MR) is 130 cm³/mol. The minimum Gasteiger partial charge on any atom is -0.379 e. The highest BCUT2D eigenvalue weighted by molar-refractivity contribution is 9.10. The quantitative estimate of drug-likeness (QED) is 0.479. The number of ether oxygens (including phenoxy) is 1. The Morgan fingerprint density at radius 3 is 2.84 bits per heavy atom. The lowest BCUT2D eigenvalue weighted by Crippen LogP contribution is -2.42. The number of nitrogens with two attached hydrogens (primary N) is 1. The summed E-state index contributed by atoms with van der Waals surface area (Å²) in [5.41, 5.74) is 12.4. The number of hydrogen-bond acceptors (Lipinski definition) is 8. The summed E-state index contributed by atoms with van der Waals surface area (Å²) in [6, 6.07) is 14.3. The molecule has 166 valence electrons. The fourth-order valence-corrected chi connectivity index (χ4v) is 4.41. The number of rotatable bonds is 6. The molecule has 4 N–H and O–H groups in total. The molecule has 2 aliphatic rings. The molecule has 1 unspecified atom stereocenters. The fraction of sp³-hybridized carbons (Fsp3) is 0.304. The van der Waals surface area contributed by atoms with E-state index < -0.39 is 0 Å². The van der Waals surface area contributed by atoms with Crippen molar-refractivity contribution < 1.29 is 4.74 Å². The summed E-state index contributed by atoms with van der Waals surface area (Å²) in [6.07, 6.45) is 4.30. The van der Waals surface area contributed by atoms with Crippen molar-refractivity contribution in [3.8, 4) is 0 Å². The number of nitrogens with one attached hydrogen (secondary N) is 2. The number of morpholine rings is 1. The third-order valence-electron chi connectivity index (χ3n) is 5.71. The van der Waals surface area contributed by atoms with Crippen molar-refractivity contribution in [2.75, 3.05) is 50.4 Å². The van der Waals surface area contributed by atoms with Crippen LogP contribution in [0.15, 0.2) is 59.2 Å². The number of hydrazine groups is 1. The van der Waals surface area contributed by atoms with Gasteiger partial charge in [-0.25, -0.2) is 10.4 Å². The zero-order valence-electron chi connectivity index (χ0n) is 17.7. The normalized spacial score (nSPS) is 19.0. The first kappa shape index (κ1) is 21.1. The maximum atomic E-state index is 5.97. The first-order chi connectivity index (χ1) is 15.6. The van der Waals surface area contributed by atoms with Gasteiger partial charge in [0.05, 0.1) is 24.8 Å². The highest BCUT2D eigenvalue weighted by Gasteiger charge is 2.19. The fourth-order valence-electron chi connectivity index (χ4n) is 4.01. The molecule has 0 radical (unpaired) electrons. The Bertz CT molecular complexity index is 1130. The second kappa shape index (κ2) is 9.41. The van der Waals surface area contributed by atoms with Crippen LogP contribution in [-0.4, -0.2) is 59.3 Å². The Morgan fingerprint density at radius 1 is 1.12 bits per heavy atom. The van der Waals surface area contributed by atoms with Gasteiger partial charge >= 0.3 is 0 Å². The minimum absolute atomic E-state index is 0.0976. The SMILES string of the molecule is Nc1nc(Nc2cccc(Br)c2)c2cc(C3C=CN(CCN4CCOCC4)N3)ccc2n1. The van der Waals surface area contributed by atoms with Crippen molar-refractivity contribution >= 4 is 44.3 Å². The van der Waals surface area contributed by atoms with Crippen LogP contribution in [0.1, 0.15) is 11.6 Å². The Balaban J connectivity index is 1.33. The molecule has 0 saturated carbocycles. The Hall–Kier alpha value is -2.72. The van der Waals surface area contributed by atoms with E-state index in [1.807, 2.05) is 30.3 Å². The van der Waals surface area contributed by atoms with Gasteiger partial charge in [0.1, 0.15) is 5.82 Å². The van der Waals surface area contributed by atoms with Gasteiger partial charge in [-0.3, -0.25) is 4.90 Å². The second-order valence-corrected chi connectivity index (χ2v) is 8.85. The molecule has 1 aromatic heterocycles. The maximum Gasteiger partial charge on any atom is 0.222 e. The van der Waals surface area contributed by atoms with Crippen molar-refractivity contribution in [1.29, 1.82) is 0 Å². The number of halogens is 1. The molecule has 2 aromatic carbocycles. The standard InChI is InChI=1S/C23H26BrN7O/c24-17-2-1-3-18(15-17)26-22-19-14-16(4-5-21(19)27-23(25)28-22)20-6-7-31(29-20)9-8-30-10-12-32-13-11-30/h1-7,14-15,20,29H,8-13H2,(H3,25,26,27,28). The van der Waals surface area contributed by atoms with Gasteiger partial charge in [-0.1, -0.05) is 28.1 Å². The van der Waals surface area contributed by atoms with E-state index >= 15 is 0 Å². The van der Waals surface area contributed by atoms with Gasteiger partial charge in [-0.05, 0) is 42.0 Å². The van der Waals surface area contributed by atoms with E-state index in [1.165, 1.54) is 0 Å². The van der Waals surface area contributed by atoms with Crippen LogP contribution in [-0.2, 0) is 4.74 Å². The van der Waals surface area contributed by atoms with Crippen LogP contribution >= 0.6 is 15.9 Å². The van der Waals surface area contributed by atoms with Crippen molar-refractivity contribution in [3.05, 3.63) is 64.8 Å². The lowest BCUT2D eigenvalue weighted by atomic mass is 10.0. The molecule has 5 rings (SSSR count). The first-order valence-corrected chi connectivity index (χ1v) is 11.5. The smallest absolute Gasteiger partial charge is 0.222 e. The summed E-state index contributed by atoms with van der Waals surface area (Å²) >= 11 is 3.51. The molecule has 1 atom stereocenters. The van der Waals surface area contributed by atoms with Gasteiger partial charge in [-0.2, -0.15) is 4.98 Å². The summed E-state index contributed by atoms with van der Waals surface area (Å²) in [5, 5.41) is 6.47. The number of benzene rings is 2. The molecule has 1 fully saturated rings. The van der Waals surface area contributed by atoms with E-state index in [9.17, 15) is 0 Å². The zero-order valence-corrected chi connectivity index (χ0v) is 19.3. The van der Waals surface area contributed by atoms with Crippen LogP contribution in [0, 0.1) is 0 Å². The lowest BCUT2D eigenvalue weighted by Gasteiger charge is -2.29. The average Bonchev–Trinajstić information content (AvgIpc) is 3.27. The third-order valence-corrected chi connectivity index (χ3v) is 6.20. The molecule has 0 bridgehead atoms. The Labute approximate surface area is 195 Å². The molecule has 0 amide bonds. The van der Waals surface area contributed by atoms with Gasteiger partial charge < -0.3 is 20.8 Å². The van der Waals surface area contributed by atoms with Crippen LogP contribution in [0.2, 0.25) is 0 Å². The minimum atomic E-state index is 0.0976. The molecule has 0 aliphatic carbocycles. The summed E-state index contributed by atoms with van der Waals surface area (Å²) in [4.78, 5) is 11.3. The number of nitrogens with zero attached hydrogens (tertiary/aromatic N) is 4. The lowest BCUT2D eigenvalue weighted by molar-refractivity contribution is 0.0336. The van der Waals surface area contributed by atoms with Crippen LogP contribution in [0.25, 0.3) is 10.9 Å². The average molecular weight is 496 g/mol. The van der Waals surface area contributed by atoms with Gasteiger partial charge in [0.25, 0.3) is 0 Å². The number of aromatic nitrogens is 2. The second-order valence-electron chi connectivity index (χ2n) is 7.94. The molecular formula is C23H26BrN7O. The Kier molecular flexibility index (Phi) is 6.22. The molecule has 9 heteroatoms. The van der Waals surface area contributed by atoms with Gasteiger partial charge in [0.15, 0.2) is 0 Å². The molecule has 2 aliphatic heterocycles. The number of nitrogen functional groups attached to an aromatic ring is 1. The monoisotopic (exact) mass is 495 g/mol. The molecule has 8 nitrogen and oxygen atoms in total. The Morgan fingerprint density at radius 2 is 2.00 bits per heavy atom. The predicted octanol–water partition coefficient (Wildman–Crippen LogP) is 3.43. The first-order valence-electron chi connectivity index (χ1n) is 10.7. The van der Waals surface area contributed by atoms with Crippen molar-refractivity contribution in [3.63, 3.8) is 0 Å². The summed E-state index contributed by atoms with van der Waals surface area (Å²) in [6.45, 7) is 5.59. The maximum absolute atomic E-state index is 5.97. The topological polar surface area (TPSA) is 91.6 Å². The van der Waals surface area contributed by atoms with E-state index in [0.717, 1.165) is 66.0 Å². The van der Waals surface area contributed by atoms with Crippen LogP contribution in [0.5, 0.6) is 0 Å². The third kappa shape index (κ3) is 4.86. The number of hydrogen-bond donors (Lipinski definition) is 3. The van der Waals surface area contributed by atoms with E-state index in [0.29, 0.717) is 5.82 Å². The summed E-state index contributed by atoms with van der Waals surface area (Å²) in [5.74, 6) is 0.939. The van der Waals surface area contributed by atoms with E-state index in [-0.39, 0.29) is 12.0 Å². The van der Waals surface area contributed by atoms with Gasteiger partial charge in [0.2, 0.25) is 5.95 Å².